The summed E-state index contributed by atoms with van der Waals surface area (Å²) in [6, 6.07) is 23.7. The lowest BCUT2D eigenvalue weighted by Crippen LogP contribution is -2.26. The number of hydrogen-bond donors (Lipinski definition) is 0. The largest absolute Gasteiger partial charge is 0.372 e. The molecule has 0 radical (unpaired) electrons. The lowest BCUT2D eigenvalue weighted by Gasteiger charge is -2.26. The van der Waals surface area contributed by atoms with Crippen LogP contribution < -0.4 is 9.80 Å². The Labute approximate surface area is 250 Å². The second-order valence-electron chi connectivity index (χ2n) is 11.2. The maximum Gasteiger partial charge on any atom is 0.189 e. The summed E-state index contributed by atoms with van der Waals surface area (Å²) in [4.78, 5) is 5.13. The number of sulfone groups is 1. The van der Waals surface area contributed by atoms with Crippen molar-refractivity contribution in [1.29, 1.82) is 0 Å². The van der Waals surface area contributed by atoms with Crippen LogP contribution in [0.3, 0.4) is 0 Å². The van der Waals surface area contributed by atoms with Gasteiger partial charge in [-0.1, -0.05) is 94.3 Å². The topological polar surface area (TPSA) is 40.6 Å². The molecule has 4 nitrogen and oxygen atoms in total. The minimum absolute atomic E-state index is 0.360. The van der Waals surface area contributed by atoms with Crippen molar-refractivity contribution in [3.05, 3.63) is 89.5 Å². The molecule has 3 rings (SSSR count). The first-order valence-electron chi connectivity index (χ1n) is 15.9. The molecule has 0 aliphatic rings. The van der Waals surface area contributed by atoms with E-state index in [-0.39, 0.29) is 0 Å². The van der Waals surface area contributed by atoms with Crippen LogP contribution in [0.15, 0.2) is 77.7 Å². The molecule has 0 aliphatic carbocycles. The van der Waals surface area contributed by atoms with Crippen molar-refractivity contribution in [1.82, 2.24) is 0 Å². The van der Waals surface area contributed by atoms with Gasteiger partial charge in [-0.2, -0.15) is 0 Å². The van der Waals surface area contributed by atoms with E-state index in [1.807, 2.05) is 43.3 Å². The zero-order valence-electron chi connectivity index (χ0n) is 26.1. The van der Waals surface area contributed by atoms with Crippen molar-refractivity contribution in [2.75, 3.05) is 36.0 Å². The molecule has 3 aromatic rings. The second kappa shape index (κ2) is 16.6. The van der Waals surface area contributed by atoms with Crippen molar-refractivity contribution in [3.63, 3.8) is 0 Å². The first-order valence-corrected chi connectivity index (χ1v) is 17.4. The molecule has 3 aromatic carbocycles. The van der Waals surface area contributed by atoms with Crippen LogP contribution in [-0.4, -0.2) is 34.6 Å². The lowest BCUT2D eigenvalue weighted by atomic mass is 10.0. The van der Waals surface area contributed by atoms with Crippen LogP contribution in [0.1, 0.15) is 101 Å². The highest BCUT2D eigenvalue weighted by atomic mass is 32.2. The predicted octanol–water partition coefficient (Wildman–Crippen LogP) is 9.37. The van der Waals surface area contributed by atoms with Gasteiger partial charge in [0.2, 0.25) is 0 Å². The Hall–Kier alpha value is -2.79. The van der Waals surface area contributed by atoms with E-state index in [4.69, 9.17) is 0 Å². The van der Waals surface area contributed by atoms with Crippen LogP contribution >= 0.6 is 0 Å². The fraction of sp³-hybridized carbons (Fsp3) is 0.500. The number of rotatable bonds is 18. The van der Waals surface area contributed by atoms with E-state index in [1.165, 1.54) is 57.1 Å². The molecule has 0 fully saturated rings. The highest BCUT2D eigenvalue weighted by Crippen LogP contribution is 2.37. The quantitative estimate of drug-likeness (QED) is 0.141. The zero-order valence-corrected chi connectivity index (χ0v) is 26.9. The van der Waals surface area contributed by atoms with Crippen molar-refractivity contribution in [2.45, 2.75) is 96.1 Å². The van der Waals surface area contributed by atoms with Gasteiger partial charge in [0.25, 0.3) is 0 Å². The van der Waals surface area contributed by atoms with Crippen LogP contribution in [0, 0.1) is 6.92 Å². The Morgan fingerprint density at radius 3 is 1.41 bits per heavy atom. The molecular formula is C36H52N2O2S. The summed E-state index contributed by atoms with van der Waals surface area (Å²) < 4.78 is 28.4. The van der Waals surface area contributed by atoms with Gasteiger partial charge in [-0.3, -0.25) is 0 Å². The predicted molar refractivity (Wildman–Crippen MR) is 177 cm³/mol. The van der Waals surface area contributed by atoms with Gasteiger partial charge in [0, 0.05) is 37.6 Å². The molecule has 41 heavy (non-hydrogen) atoms. The summed E-state index contributed by atoms with van der Waals surface area (Å²) in [5, 5.41) is -0.771. The molecular weight excluding hydrogens is 524 g/mol. The molecule has 0 aliphatic heterocycles. The molecule has 0 aromatic heterocycles. The highest BCUT2D eigenvalue weighted by molar-refractivity contribution is 7.91. The molecule has 5 heteroatoms. The molecule has 0 amide bonds. The maximum atomic E-state index is 14.2. The van der Waals surface area contributed by atoms with Gasteiger partial charge < -0.3 is 9.80 Å². The Bertz CT molecular complexity index is 1240. The number of hydrogen-bond acceptors (Lipinski definition) is 4. The van der Waals surface area contributed by atoms with Gasteiger partial charge >= 0.3 is 0 Å². The zero-order chi connectivity index (χ0) is 29.7. The third kappa shape index (κ3) is 9.10. The smallest absolute Gasteiger partial charge is 0.189 e. The fourth-order valence-corrected chi connectivity index (χ4v) is 7.37. The van der Waals surface area contributed by atoms with Crippen LogP contribution in [0.2, 0.25) is 0 Å². The van der Waals surface area contributed by atoms with Crippen LogP contribution in [0.5, 0.6) is 0 Å². The summed E-state index contributed by atoms with van der Waals surface area (Å²) in [7, 11) is -3.67. The van der Waals surface area contributed by atoms with Gasteiger partial charge in [0.15, 0.2) is 9.84 Å². The van der Waals surface area contributed by atoms with E-state index in [9.17, 15) is 8.42 Å². The standard InChI is InChI=1S/C36H52N2O2S/c1-6-10-12-14-28-38(29-15-13-11-7-2)34-24-20-32(21-25-34)36(41(39,40)35-26-16-30(5)17-27-35)31-18-22-33(23-19-31)37(8-3)9-4/h16-27,36H,6-15,28-29H2,1-5H3. The normalized spacial score (nSPS) is 12.3. The van der Waals surface area contributed by atoms with Gasteiger partial charge in [0.05, 0.1) is 4.90 Å². The van der Waals surface area contributed by atoms with Crippen molar-refractivity contribution >= 4 is 21.2 Å². The van der Waals surface area contributed by atoms with E-state index in [2.05, 4.69) is 61.8 Å². The second-order valence-corrected chi connectivity index (χ2v) is 13.2. The summed E-state index contributed by atoms with van der Waals surface area (Å²) >= 11 is 0. The first kappa shape index (κ1) is 32.7. The molecule has 0 bridgehead atoms. The Kier molecular flexibility index (Phi) is 13.2. The molecule has 224 valence electrons. The van der Waals surface area contributed by atoms with Gasteiger partial charge in [0.1, 0.15) is 5.25 Å². The molecule has 0 heterocycles. The third-order valence-electron chi connectivity index (χ3n) is 8.11. The molecule has 0 saturated carbocycles. The van der Waals surface area contributed by atoms with Gasteiger partial charge in [-0.25, -0.2) is 8.42 Å². The van der Waals surface area contributed by atoms with Crippen molar-refractivity contribution in [2.24, 2.45) is 0 Å². The SMILES string of the molecule is CCCCCCN(CCCCCC)c1ccc(C(c2ccc(N(CC)CC)cc2)S(=O)(=O)c2ccc(C)cc2)cc1. The number of benzene rings is 3. The monoisotopic (exact) mass is 576 g/mol. The van der Waals surface area contributed by atoms with Crippen molar-refractivity contribution < 1.29 is 8.42 Å². The minimum atomic E-state index is -3.67. The molecule has 0 N–H and O–H groups in total. The van der Waals surface area contributed by atoms with Gasteiger partial charge in [-0.05, 0) is 81.1 Å². The molecule has 1 unspecified atom stereocenters. The number of unbranched alkanes of at least 4 members (excludes halogenated alkanes) is 6. The Morgan fingerprint density at radius 1 is 0.561 bits per heavy atom. The van der Waals surface area contributed by atoms with E-state index >= 15 is 0 Å². The average Bonchev–Trinajstić information content (AvgIpc) is 2.98. The minimum Gasteiger partial charge on any atom is -0.372 e. The summed E-state index contributed by atoms with van der Waals surface area (Å²) in [6.45, 7) is 14.7. The Morgan fingerprint density at radius 2 is 1.00 bits per heavy atom. The van der Waals surface area contributed by atoms with E-state index in [0.717, 1.165) is 48.6 Å². The summed E-state index contributed by atoms with van der Waals surface area (Å²) in [6.07, 6.45) is 9.89. The molecule has 0 saturated heterocycles. The average molecular weight is 577 g/mol. The summed E-state index contributed by atoms with van der Waals surface area (Å²) in [5.41, 5.74) is 4.95. The van der Waals surface area contributed by atoms with Crippen LogP contribution in [0.4, 0.5) is 11.4 Å². The summed E-state index contributed by atoms with van der Waals surface area (Å²) in [5.74, 6) is 0. The first-order chi connectivity index (χ1) is 19.8. The van der Waals surface area contributed by atoms with E-state index in [1.54, 1.807) is 12.1 Å². The number of aryl methyl sites for hydroxylation is 1. The third-order valence-corrected chi connectivity index (χ3v) is 10.2. The Balaban J connectivity index is 1.97. The van der Waals surface area contributed by atoms with Crippen molar-refractivity contribution in [3.8, 4) is 0 Å². The van der Waals surface area contributed by atoms with Gasteiger partial charge in [-0.15, -0.1) is 0 Å². The highest BCUT2D eigenvalue weighted by Gasteiger charge is 2.31. The van der Waals surface area contributed by atoms with E-state index < -0.39 is 15.1 Å². The number of nitrogens with zero attached hydrogens (tertiary/aromatic N) is 2. The number of anilines is 2. The van der Waals surface area contributed by atoms with Crippen LogP contribution in [-0.2, 0) is 9.84 Å². The maximum absolute atomic E-state index is 14.2. The lowest BCUT2D eigenvalue weighted by molar-refractivity contribution is 0.589. The molecule has 1 atom stereocenters. The molecule has 0 spiro atoms. The fourth-order valence-electron chi connectivity index (χ4n) is 5.55. The van der Waals surface area contributed by atoms with E-state index in [0.29, 0.717) is 4.90 Å². The van der Waals surface area contributed by atoms with Crippen LogP contribution in [0.25, 0.3) is 0 Å².